The van der Waals surface area contributed by atoms with Gasteiger partial charge in [-0.3, -0.25) is 4.79 Å². The van der Waals surface area contributed by atoms with Gasteiger partial charge in [-0.1, -0.05) is 20.8 Å². The van der Waals surface area contributed by atoms with Gasteiger partial charge in [-0.2, -0.15) is 0 Å². The summed E-state index contributed by atoms with van der Waals surface area (Å²) < 4.78 is 0. The zero-order chi connectivity index (χ0) is 12.8. The maximum absolute atomic E-state index is 11.4. The van der Waals surface area contributed by atoms with E-state index in [0.717, 1.165) is 11.3 Å². The molecule has 0 fully saturated rings. The van der Waals surface area contributed by atoms with Crippen LogP contribution in [0.4, 0.5) is 5.69 Å². The maximum Gasteiger partial charge on any atom is 0.162 e. The van der Waals surface area contributed by atoms with Crippen molar-refractivity contribution in [3.63, 3.8) is 0 Å². The van der Waals surface area contributed by atoms with Crippen molar-refractivity contribution in [3.8, 4) is 0 Å². The number of anilines is 1. The van der Waals surface area contributed by atoms with E-state index in [9.17, 15) is 9.90 Å². The van der Waals surface area contributed by atoms with Crippen molar-refractivity contribution < 1.29 is 9.90 Å². The smallest absolute Gasteiger partial charge is 0.162 e. The summed E-state index contributed by atoms with van der Waals surface area (Å²) in [7, 11) is 0. The van der Waals surface area contributed by atoms with Gasteiger partial charge in [-0.15, -0.1) is 0 Å². The molecule has 0 saturated heterocycles. The van der Waals surface area contributed by atoms with E-state index < -0.39 is 0 Å². The monoisotopic (exact) mass is 235 g/mol. The van der Waals surface area contributed by atoms with Crippen LogP contribution in [0.25, 0.3) is 0 Å². The molecule has 0 heterocycles. The third-order valence-electron chi connectivity index (χ3n) is 2.81. The minimum Gasteiger partial charge on any atom is -0.391 e. The van der Waals surface area contributed by atoms with Crippen molar-refractivity contribution >= 4 is 11.5 Å². The molecular formula is C14H21NO2. The van der Waals surface area contributed by atoms with Gasteiger partial charge in [0, 0.05) is 24.2 Å². The third kappa shape index (κ3) is 4.19. The lowest BCUT2D eigenvalue weighted by Gasteiger charge is -2.15. The average Bonchev–Trinajstić information content (AvgIpc) is 2.35. The largest absolute Gasteiger partial charge is 0.391 e. The van der Waals surface area contributed by atoms with Crippen LogP contribution in [0.3, 0.4) is 0 Å². The lowest BCUT2D eigenvalue weighted by molar-refractivity contribution is 0.0988. The van der Waals surface area contributed by atoms with Crippen molar-refractivity contribution in [1.82, 2.24) is 0 Å². The normalized spacial score (nSPS) is 12.5. The molecule has 1 rings (SSSR count). The van der Waals surface area contributed by atoms with Gasteiger partial charge in [0.1, 0.15) is 0 Å². The highest BCUT2D eigenvalue weighted by Crippen LogP contribution is 2.12. The predicted molar refractivity (Wildman–Crippen MR) is 70.4 cm³/mol. The molecule has 3 heteroatoms. The van der Waals surface area contributed by atoms with Crippen molar-refractivity contribution in [3.05, 3.63) is 29.8 Å². The van der Waals surface area contributed by atoms with Crippen molar-refractivity contribution in [1.29, 1.82) is 0 Å². The summed E-state index contributed by atoms with van der Waals surface area (Å²) in [6.45, 7) is 6.34. The number of rotatable bonds is 6. The predicted octanol–water partition coefficient (Wildman–Crippen LogP) is 2.71. The summed E-state index contributed by atoms with van der Waals surface area (Å²) in [6.07, 6.45) is 0.172. The van der Waals surface area contributed by atoms with Crippen LogP contribution >= 0.6 is 0 Å². The number of aliphatic hydroxyl groups is 1. The van der Waals surface area contributed by atoms with Crippen molar-refractivity contribution in [2.24, 2.45) is 5.92 Å². The molecule has 0 saturated carbocycles. The number of carbonyl (C=O) groups is 1. The summed E-state index contributed by atoms with van der Waals surface area (Å²) in [5.41, 5.74) is 1.67. The number of hydrogen-bond acceptors (Lipinski definition) is 3. The molecule has 0 aliphatic heterocycles. The zero-order valence-corrected chi connectivity index (χ0v) is 10.7. The number of nitrogens with one attached hydrogen (secondary N) is 1. The van der Waals surface area contributed by atoms with Crippen LogP contribution in [0, 0.1) is 5.92 Å². The lowest BCUT2D eigenvalue weighted by Crippen LogP contribution is -2.24. The number of ketones is 1. The van der Waals surface area contributed by atoms with E-state index in [0.29, 0.717) is 13.0 Å². The van der Waals surface area contributed by atoms with Gasteiger partial charge in [-0.25, -0.2) is 0 Å². The zero-order valence-electron chi connectivity index (χ0n) is 10.7. The molecule has 0 amide bonds. The molecule has 1 aromatic rings. The van der Waals surface area contributed by atoms with Crippen LogP contribution in [-0.4, -0.2) is 23.5 Å². The summed E-state index contributed by atoms with van der Waals surface area (Å²) in [5.74, 6) is 0.391. The fourth-order valence-corrected chi connectivity index (χ4v) is 1.44. The van der Waals surface area contributed by atoms with E-state index in [-0.39, 0.29) is 17.8 Å². The van der Waals surface area contributed by atoms with E-state index in [1.165, 1.54) is 0 Å². The fourth-order valence-electron chi connectivity index (χ4n) is 1.44. The Labute approximate surface area is 103 Å². The molecule has 0 radical (unpaired) electrons. The Morgan fingerprint density at radius 3 is 2.35 bits per heavy atom. The molecule has 17 heavy (non-hydrogen) atoms. The highest BCUT2D eigenvalue weighted by atomic mass is 16.3. The molecule has 0 bridgehead atoms. The Balaban J connectivity index is 2.54. The number of Topliss-reactive ketones (excluding diaryl/α,β-unsaturated/α-hetero) is 1. The molecule has 0 spiro atoms. The van der Waals surface area contributed by atoms with Gasteiger partial charge in [0.15, 0.2) is 5.78 Å². The number of hydrogen-bond donors (Lipinski definition) is 2. The van der Waals surface area contributed by atoms with E-state index >= 15 is 0 Å². The van der Waals surface area contributed by atoms with E-state index in [1.54, 1.807) is 0 Å². The maximum atomic E-state index is 11.4. The second-order valence-corrected chi connectivity index (χ2v) is 4.55. The molecule has 94 valence electrons. The van der Waals surface area contributed by atoms with Crippen LogP contribution in [-0.2, 0) is 0 Å². The first-order valence-electron chi connectivity index (χ1n) is 6.09. The Morgan fingerprint density at radius 1 is 1.29 bits per heavy atom. The van der Waals surface area contributed by atoms with Gasteiger partial charge in [0.05, 0.1) is 6.10 Å². The topological polar surface area (TPSA) is 49.3 Å². The first-order chi connectivity index (χ1) is 8.04. The van der Waals surface area contributed by atoms with Crippen LogP contribution in [0.15, 0.2) is 24.3 Å². The summed E-state index contributed by atoms with van der Waals surface area (Å²) in [6, 6.07) is 7.37. The Bertz CT molecular complexity index is 357. The number of benzene rings is 1. The first kappa shape index (κ1) is 13.7. The molecule has 0 aliphatic carbocycles. The van der Waals surface area contributed by atoms with Gasteiger partial charge in [-0.05, 0) is 30.2 Å². The van der Waals surface area contributed by atoms with E-state index in [1.807, 2.05) is 45.0 Å². The van der Waals surface area contributed by atoms with E-state index in [4.69, 9.17) is 0 Å². The molecule has 1 atom stereocenters. The number of aliphatic hydroxyl groups excluding tert-OH is 1. The highest BCUT2D eigenvalue weighted by molar-refractivity contribution is 5.96. The van der Waals surface area contributed by atoms with Gasteiger partial charge < -0.3 is 10.4 Å². The fraction of sp³-hybridized carbons (Fsp3) is 0.500. The number of carbonyl (C=O) groups excluding carboxylic acids is 1. The van der Waals surface area contributed by atoms with Crippen molar-refractivity contribution in [2.75, 3.05) is 11.9 Å². The molecule has 2 N–H and O–H groups in total. The van der Waals surface area contributed by atoms with E-state index in [2.05, 4.69) is 5.32 Å². The van der Waals surface area contributed by atoms with Crippen LogP contribution in [0.5, 0.6) is 0 Å². The highest BCUT2D eigenvalue weighted by Gasteiger charge is 2.08. The van der Waals surface area contributed by atoms with Crippen LogP contribution in [0.1, 0.15) is 37.6 Å². The summed E-state index contributed by atoms with van der Waals surface area (Å²) in [5, 5.41) is 12.8. The first-order valence-corrected chi connectivity index (χ1v) is 6.09. The Kier molecular flexibility index (Phi) is 5.16. The second-order valence-electron chi connectivity index (χ2n) is 4.55. The lowest BCUT2D eigenvalue weighted by atomic mass is 10.1. The molecule has 0 aliphatic rings. The quantitative estimate of drug-likeness (QED) is 0.745. The average molecular weight is 235 g/mol. The third-order valence-corrected chi connectivity index (χ3v) is 2.81. The Hall–Kier alpha value is -1.35. The SMILES string of the molecule is CCC(=O)c1ccc(NCC(O)C(C)C)cc1. The molecular weight excluding hydrogens is 214 g/mol. The Morgan fingerprint density at radius 2 is 1.88 bits per heavy atom. The van der Waals surface area contributed by atoms with Crippen LogP contribution in [0.2, 0.25) is 0 Å². The molecule has 1 aromatic carbocycles. The van der Waals surface area contributed by atoms with Crippen LogP contribution < -0.4 is 5.32 Å². The van der Waals surface area contributed by atoms with Gasteiger partial charge in [0.2, 0.25) is 0 Å². The second kappa shape index (κ2) is 6.40. The molecule has 3 nitrogen and oxygen atoms in total. The summed E-state index contributed by atoms with van der Waals surface area (Å²) >= 11 is 0. The van der Waals surface area contributed by atoms with Gasteiger partial charge >= 0.3 is 0 Å². The summed E-state index contributed by atoms with van der Waals surface area (Å²) in [4.78, 5) is 11.4. The molecule has 0 aromatic heterocycles. The van der Waals surface area contributed by atoms with Gasteiger partial charge in [0.25, 0.3) is 0 Å². The minimum absolute atomic E-state index is 0.152. The van der Waals surface area contributed by atoms with Crippen molar-refractivity contribution in [2.45, 2.75) is 33.3 Å². The molecule has 1 unspecified atom stereocenters. The minimum atomic E-state index is -0.355. The standard InChI is InChI=1S/C14H21NO2/c1-4-13(16)11-5-7-12(8-6-11)15-9-14(17)10(2)3/h5-8,10,14-15,17H,4,9H2,1-3H3.